The van der Waals surface area contributed by atoms with Gasteiger partial charge in [0.25, 0.3) is 0 Å². The Hall–Kier alpha value is 0.949. The van der Waals surface area contributed by atoms with Crippen LogP contribution >= 0.6 is 7.92 Å². The Morgan fingerprint density at radius 3 is 1.33 bits per heavy atom. The monoisotopic (exact) mass is 434 g/mol. The van der Waals surface area contributed by atoms with E-state index in [0.29, 0.717) is 7.92 Å². The first-order chi connectivity index (χ1) is 12.8. The maximum atomic E-state index is 2.51. The quantitative estimate of drug-likeness (QED) is 0.306. The van der Waals surface area contributed by atoms with Crippen molar-refractivity contribution in [1.82, 2.24) is 0 Å². The van der Waals surface area contributed by atoms with E-state index in [1.165, 1.54) is 56.3 Å². The van der Waals surface area contributed by atoms with Crippen LogP contribution in [0, 0.1) is 11.8 Å². The van der Waals surface area contributed by atoms with E-state index < -0.39 is 0 Å². The second-order valence-corrected chi connectivity index (χ2v) is 13.2. The molecule has 0 N–H and O–H groups in total. The van der Waals surface area contributed by atoms with Gasteiger partial charge in [0.2, 0.25) is 0 Å². The molecule has 2 atom stereocenters. The molecule has 4 saturated carbocycles. The maximum Gasteiger partial charge on any atom is 0 e. The summed E-state index contributed by atoms with van der Waals surface area (Å²) in [5, 5.41) is 0. The Morgan fingerprint density at radius 2 is 0.926 bits per heavy atom. The molecule has 0 heterocycles. The smallest absolute Gasteiger partial charge is 0 e. The standard InChI is InChI=1S/C20H37P.C5H10.Fe/c1-16(2)19-14-9-15-20(19)21(17-10-5-3-6-11-17)18-12-7-4-8-13-18;1-2-4-5-3-1;/h16-20H,3-15H2,1-2H3;1-5H2;. The molecule has 2 unspecified atom stereocenters. The van der Waals surface area contributed by atoms with E-state index in [9.17, 15) is 0 Å². The summed E-state index contributed by atoms with van der Waals surface area (Å²) in [6, 6.07) is 0. The van der Waals surface area contributed by atoms with Crippen molar-refractivity contribution >= 4 is 7.92 Å². The van der Waals surface area contributed by atoms with Gasteiger partial charge in [-0.15, -0.1) is 0 Å². The molecule has 0 bridgehead atoms. The second-order valence-electron chi connectivity index (χ2n) is 10.2. The van der Waals surface area contributed by atoms with Gasteiger partial charge < -0.3 is 0 Å². The Kier molecular flexibility index (Phi) is 11.9. The van der Waals surface area contributed by atoms with Gasteiger partial charge in [0, 0.05) is 17.1 Å². The molecule has 4 aliphatic carbocycles. The van der Waals surface area contributed by atoms with Gasteiger partial charge >= 0.3 is 0 Å². The summed E-state index contributed by atoms with van der Waals surface area (Å²) < 4.78 is 0. The summed E-state index contributed by atoms with van der Waals surface area (Å²) >= 11 is 0. The van der Waals surface area contributed by atoms with E-state index in [0.717, 1.165) is 17.5 Å². The van der Waals surface area contributed by atoms with Crippen molar-refractivity contribution in [1.29, 1.82) is 0 Å². The first-order valence-corrected chi connectivity index (χ1v) is 14.1. The first kappa shape index (κ1) is 24.2. The third-order valence-electron chi connectivity index (χ3n) is 8.01. The molecular weight excluding hydrogens is 387 g/mol. The van der Waals surface area contributed by atoms with Crippen LogP contribution in [-0.2, 0) is 17.1 Å². The zero-order valence-electron chi connectivity index (χ0n) is 18.4. The van der Waals surface area contributed by atoms with Crippen LogP contribution in [0.25, 0.3) is 0 Å². The van der Waals surface area contributed by atoms with Crippen molar-refractivity contribution in [3.63, 3.8) is 0 Å². The maximum absolute atomic E-state index is 2.51. The third-order valence-corrected chi connectivity index (χ3v) is 12.1. The second kappa shape index (κ2) is 13.3. The fourth-order valence-electron chi connectivity index (χ4n) is 6.60. The zero-order valence-corrected chi connectivity index (χ0v) is 20.4. The van der Waals surface area contributed by atoms with Gasteiger partial charge in [0.05, 0.1) is 0 Å². The summed E-state index contributed by atoms with van der Waals surface area (Å²) in [5.74, 6) is 2.02. The van der Waals surface area contributed by atoms with Crippen molar-refractivity contribution in [3.8, 4) is 0 Å². The molecule has 0 aliphatic heterocycles. The van der Waals surface area contributed by atoms with Gasteiger partial charge in [0.1, 0.15) is 0 Å². The van der Waals surface area contributed by atoms with Gasteiger partial charge in [-0.25, -0.2) is 0 Å². The van der Waals surface area contributed by atoms with Crippen molar-refractivity contribution in [3.05, 3.63) is 0 Å². The Bertz CT molecular complexity index is 341. The van der Waals surface area contributed by atoms with Crippen LogP contribution in [0.2, 0.25) is 0 Å². The SMILES string of the molecule is C1CCCC1.CC(C)C1CCCC1P(C1CCCCC1)C1CCCCC1.[Fe]. The molecule has 0 aromatic rings. The third kappa shape index (κ3) is 7.30. The summed E-state index contributed by atoms with van der Waals surface area (Å²) in [4.78, 5) is 0. The van der Waals surface area contributed by atoms with Crippen LogP contribution in [-0.4, -0.2) is 17.0 Å². The van der Waals surface area contributed by atoms with Crippen molar-refractivity contribution < 1.29 is 17.1 Å². The van der Waals surface area contributed by atoms with E-state index in [1.807, 2.05) is 0 Å². The minimum atomic E-state index is 0. The van der Waals surface area contributed by atoms with Gasteiger partial charge in [-0.2, -0.15) is 0 Å². The number of rotatable bonds is 4. The summed E-state index contributed by atoms with van der Waals surface area (Å²) in [6.07, 6.45) is 27.9. The predicted octanol–water partition coefficient (Wildman–Crippen LogP) is 8.91. The number of hydrogen-bond donors (Lipinski definition) is 0. The van der Waals surface area contributed by atoms with Crippen LogP contribution in [0.3, 0.4) is 0 Å². The molecule has 4 rings (SSSR count). The molecule has 0 aromatic heterocycles. The van der Waals surface area contributed by atoms with Crippen LogP contribution in [0.5, 0.6) is 0 Å². The van der Waals surface area contributed by atoms with Gasteiger partial charge in [-0.1, -0.05) is 98.8 Å². The summed E-state index contributed by atoms with van der Waals surface area (Å²) in [6.45, 7) is 5.02. The molecule has 0 amide bonds. The Labute approximate surface area is 183 Å². The van der Waals surface area contributed by atoms with E-state index in [2.05, 4.69) is 13.8 Å². The van der Waals surface area contributed by atoms with Crippen LogP contribution in [0.4, 0.5) is 0 Å². The number of hydrogen-bond acceptors (Lipinski definition) is 0. The normalized spacial score (nSPS) is 30.2. The molecule has 2 heteroatoms. The molecule has 0 aromatic carbocycles. The molecule has 0 spiro atoms. The molecule has 0 nitrogen and oxygen atoms in total. The topological polar surface area (TPSA) is 0 Å². The summed E-state index contributed by atoms with van der Waals surface area (Å²) in [7, 11) is 0.330. The minimum Gasteiger partial charge on any atom is -0.0969 e. The van der Waals surface area contributed by atoms with E-state index in [4.69, 9.17) is 0 Å². The molecule has 27 heavy (non-hydrogen) atoms. The van der Waals surface area contributed by atoms with Crippen molar-refractivity contribution in [2.45, 2.75) is 146 Å². The Balaban J connectivity index is 0.000000379. The van der Waals surface area contributed by atoms with E-state index in [-0.39, 0.29) is 17.1 Å². The van der Waals surface area contributed by atoms with Crippen LogP contribution in [0.15, 0.2) is 0 Å². The zero-order chi connectivity index (χ0) is 18.2. The van der Waals surface area contributed by atoms with E-state index >= 15 is 0 Å². The molecule has 4 fully saturated rings. The Morgan fingerprint density at radius 1 is 0.519 bits per heavy atom. The molecule has 160 valence electrons. The fraction of sp³-hybridized carbons (Fsp3) is 1.00. The molecule has 0 saturated heterocycles. The van der Waals surface area contributed by atoms with Gasteiger partial charge in [0.15, 0.2) is 0 Å². The summed E-state index contributed by atoms with van der Waals surface area (Å²) in [5.41, 5.74) is 3.49. The van der Waals surface area contributed by atoms with Gasteiger partial charge in [-0.05, 0) is 67.3 Å². The van der Waals surface area contributed by atoms with E-state index in [1.54, 1.807) is 70.6 Å². The minimum absolute atomic E-state index is 0. The largest absolute Gasteiger partial charge is 0.0969 e. The molecule has 4 aliphatic rings. The predicted molar refractivity (Wildman–Crippen MR) is 120 cm³/mol. The van der Waals surface area contributed by atoms with Crippen molar-refractivity contribution in [2.75, 3.05) is 0 Å². The first-order valence-electron chi connectivity index (χ1n) is 12.5. The average Bonchev–Trinajstić information content (AvgIpc) is 3.39. The van der Waals surface area contributed by atoms with Crippen LogP contribution < -0.4 is 0 Å². The molecular formula is C25H47FeP. The molecule has 0 radical (unpaired) electrons. The van der Waals surface area contributed by atoms with Gasteiger partial charge in [-0.3, -0.25) is 0 Å². The van der Waals surface area contributed by atoms with Crippen molar-refractivity contribution in [2.24, 2.45) is 11.8 Å². The average molecular weight is 434 g/mol. The van der Waals surface area contributed by atoms with Crippen LogP contribution in [0.1, 0.15) is 129 Å². The fourth-order valence-corrected chi connectivity index (χ4v) is 11.6.